The van der Waals surface area contributed by atoms with E-state index in [1.807, 2.05) is 42.5 Å². The Kier molecular flexibility index (Phi) is 3.81. The number of carboxylic acids is 1. The summed E-state index contributed by atoms with van der Waals surface area (Å²) in [7, 11) is 0. The number of fused-ring (bicyclic) bond motifs is 1. The fraction of sp³-hybridized carbons (Fsp3) is 0.0526. The number of benzene rings is 2. The molecule has 2 heterocycles. The van der Waals surface area contributed by atoms with Crippen LogP contribution in [-0.4, -0.2) is 30.8 Å². The number of aromatic amines is 1. The van der Waals surface area contributed by atoms with E-state index >= 15 is 0 Å². The van der Waals surface area contributed by atoms with Gasteiger partial charge < -0.3 is 5.11 Å². The number of aromatic nitrogens is 4. The lowest BCUT2D eigenvalue weighted by Crippen LogP contribution is -2.14. The maximum Gasteiger partial charge on any atom is 0.338 e. The first-order chi connectivity index (χ1) is 12.6. The van der Waals surface area contributed by atoms with Crippen molar-refractivity contribution in [3.05, 3.63) is 88.0 Å². The summed E-state index contributed by atoms with van der Waals surface area (Å²) in [5.41, 5.74) is 2.44. The van der Waals surface area contributed by atoms with Gasteiger partial charge in [-0.3, -0.25) is 9.78 Å². The van der Waals surface area contributed by atoms with Crippen LogP contribution >= 0.6 is 0 Å². The number of nitrogens with one attached hydrogen (secondary N) is 1. The Morgan fingerprint density at radius 2 is 1.92 bits per heavy atom. The van der Waals surface area contributed by atoms with Crippen molar-refractivity contribution in [3.63, 3.8) is 0 Å². The first-order valence-corrected chi connectivity index (χ1v) is 7.95. The Morgan fingerprint density at radius 1 is 1.12 bits per heavy atom. The van der Waals surface area contributed by atoms with Crippen LogP contribution in [0, 0.1) is 0 Å². The topological polar surface area (TPSA) is 101 Å². The van der Waals surface area contributed by atoms with E-state index in [9.17, 15) is 9.59 Å². The van der Waals surface area contributed by atoms with Gasteiger partial charge in [0.15, 0.2) is 0 Å². The summed E-state index contributed by atoms with van der Waals surface area (Å²) in [6, 6.07) is 15.5. The van der Waals surface area contributed by atoms with E-state index < -0.39 is 5.97 Å². The van der Waals surface area contributed by atoms with Crippen LogP contribution in [0.5, 0.6) is 0 Å². The molecule has 0 aliphatic rings. The number of nitrogens with zero attached hydrogens (tertiary/aromatic N) is 3. The molecule has 7 nitrogen and oxygen atoms in total. The minimum Gasteiger partial charge on any atom is -0.478 e. The third kappa shape index (κ3) is 2.98. The van der Waals surface area contributed by atoms with Gasteiger partial charge in [0, 0.05) is 6.20 Å². The van der Waals surface area contributed by atoms with Crippen LogP contribution in [-0.2, 0) is 6.42 Å². The zero-order valence-electron chi connectivity index (χ0n) is 13.6. The molecule has 0 aliphatic heterocycles. The van der Waals surface area contributed by atoms with Crippen molar-refractivity contribution in [1.29, 1.82) is 0 Å². The lowest BCUT2D eigenvalue weighted by molar-refractivity contribution is 0.0697. The third-order valence-corrected chi connectivity index (χ3v) is 4.06. The van der Waals surface area contributed by atoms with Gasteiger partial charge in [-0.15, -0.1) is 0 Å². The molecular weight excluding hydrogens is 332 g/mol. The standard InChI is InChI=1S/C19H14N4O3/c24-17-15-7-6-13(8-12-4-2-1-3-5-12)9-16(15)21-19(22-17)23-11-14(10-20-23)18(25)26/h1-7,9-11H,8H2,(H,25,26)(H,21,22,24). The Balaban J connectivity index is 1.76. The van der Waals surface area contributed by atoms with E-state index in [0.717, 1.165) is 17.5 Å². The lowest BCUT2D eigenvalue weighted by atomic mass is 10.0. The van der Waals surface area contributed by atoms with Crippen molar-refractivity contribution in [3.8, 4) is 5.95 Å². The van der Waals surface area contributed by atoms with E-state index in [0.29, 0.717) is 10.9 Å². The maximum atomic E-state index is 12.3. The molecule has 0 aliphatic carbocycles. The molecule has 26 heavy (non-hydrogen) atoms. The third-order valence-electron chi connectivity index (χ3n) is 4.06. The van der Waals surface area contributed by atoms with E-state index in [1.54, 1.807) is 6.07 Å². The zero-order valence-corrected chi connectivity index (χ0v) is 13.6. The molecule has 0 fully saturated rings. The average molecular weight is 346 g/mol. The summed E-state index contributed by atoms with van der Waals surface area (Å²) in [5.74, 6) is -0.920. The molecule has 0 radical (unpaired) electrons. The monoisotopic (exact) mass is 346 g/mol. The molecule has 2 N–H and O–H groups in total. The number of H-pyrrole nitrogens is 1. The van der Waals surface area contributed by atoms with Crippen LogP contribution in [0.15, 0.2) is 65.7 Å². The van der Waals surface area contributed by atoms with Gasteiger partial charge in [-0.25, -0.2) is 14.5 Å². The molecule has 128 valence electrons. The summed E-state index contributed by atoms with van der Waals surface area (Å²) < 4.78 is 1.24. The Bertz CT molecular complexity index is 1160. The highest BCUT2D eigenvalue weighted by Crippen LogP contribution is 2.15. The van der Waals surface area contributed by atoms with Gasteiger partial charge in [-0.1, -0.05) is 36.4 Å². The Labute approximate surface area is 147 Å². The van der Waals surface area contributed by atoms with Gasteiger partial charge >= 0.3 is 5.97 Å². The van der Waals surface area contributed by atoms with E-state index in [4.69, 9.17) is 5.11 Å². The molecule has 0 amide bonds. The molecule has 4 aromatic rings. The molecule has 0 saturated heterocycles. The van der Waals surface area contributed by atoms with Gasteiger partial charge in [0.2, 0.25) is 5.95 Å². The second kappa shape index (κ2) is 6.29. The first kappa shape index (κ1) is 15.8. The largest absolute Gasteiger partial charge is 0.478 e. The highest BCUT2D eigenvalue weighted by Gasteiger charge is 2.11. The van der Waals surface area contributed by atoms with Gasteiger partial charge in [0.1, 0.15) is 0 Å². The fourth-order valence-corrected chi connectivity index (χ4v) is 2.77. The minimum atomic E-state index is -1.09. The fourth-order valence-electron chi connectivity index (χ4n) is 2.77. The minimum absolute atomic E-state index is 0.0191. The molecule has 7 heteroatoms. The Hall–Kier alpha value is -3.74. The molecule has 0 bridgehead atoms. The summed E-state index contributed by atoms with van der Waals surface area (Å²) in [5, 5.41) is 13.4. The summed E-state index contributed by atoms with van der Waals surface area (Å²) >= 11 is 0. The predicted octanol–water partition coefficient (Wildman–Crippen LogP) is 2.40. The quantitative estimate of drug-likeness (QED) is 0.591. The number of rotatable bonds is 4. The number of hydrogen-bond donors (Lipinski definition) is 2. The van der Waals surface area contributed by atoms with Gasteiger partial charge in [0.05, 0.1) is 22.7 Å². The van der Waals surface area contributed by atoms with E-state index in [1.165, 1.54) is 17.1 Å². The van der Waals surface area contributed by atoms with Crippen molar-refractivity contribution in [2.75, 3.05) is 0 Å². The number of carboxylic acid groups (broad SMARTS) is 1. The first-order valence-electron chi connectivity index (χ1n) is 7.95. The number of hydrogen-bond acceptors (Lipinski definition) is 4. The summed E-state index contributed by atoms with van der Waals surface area (Å²) in [6.45, 7) is 0. The van der Waals surface area contributed by atoms with Crippen molar-refractivity contribution >= 4 is 16.9 Å². The highest BCUT2D eigenvalue weighted by molar-refractivity contribution is 5.87. The van der Waals surface area contributed by atoms with Gasteiger partial charge in [-0.05, 0) is 29.7 Å². The smallest absolute Gasteiger partial charge is 0.338 e. The van der Waals surface area contributed by atoms with Crippen molar-refractivity contribution in [1.82, 2.24) is 19.7 Å². The molecule has 0 saturated carbocycles. The van der Waals surface area contributed by atoms with E-state index in [2.05, 4.69) is 15.1 Å². The highest BCUT2D eigenvalue weighted by atomic mass is 16.4. The summed E-state index contributed by atoms with van der Waals surface area (Å²) in [4.78, 5) is 30.4. The second-order valence-corrected chi connectivity index (χ2v) is 5.88. The molecule has 2 aromatic carbocycles. The lowest BCUT2D eigenvalue weighted by Gasteiger charge is -2.06. The average Bonchev–Trinajstić information content (AvgIpc) is 3.13. The maximum absolute atomic E-state index is 12.3. The molecule has 4 rings (SSSR count). The Morgan fingerprint density at radius 3 is 2.65 bits per heavy atom. The number of carbonyl (C=O) groups is 1. The van der Waals surface area contributed by atoms with Crippen LogP contribution < -0.4 is 5.56 Å². The molecule has 2 aromatic heterocycles. The van der Waals surface area contributed by atoms with Crippen LogP contribution in [0.2, 0.25) is 0 Å². The van der Waals surface area contributed by atoms with Crippen LogP contribution in [0.25, 0.3) is 16.9 Å². The molecular formula is C19H14N4O3. The zero-order chi connectivity index (χ0) is 18.1. The summed E-state index contributed by atoms with van der Waals surface area (Å²) in [6.07, 6.45) is 3.24. The molecule has 0 unspecified atom stereocenters. The van der Waals surface area contributed by atoms with Crippen LogP contribution in [0.1, 0.15) is 21.5 Å². The predicted molar refractivity (Wildman–Crippen MR) is 95.7 cm³/mol. The molecule has 0 atom stereocenters. The van der Waals surface area contributed by atoms with Crippen molar-refractivity contribution in [2.24, 2.45) is 0 Å². The SMILES string of the molecule is O=C(O)c1cnn(-c2nc3cc(Cc4ccccc4)ccc3c(=O)[nH]2)c1. The van der Waals surface area contributed by atoms with Crippen LogP contribution in [0.3, 0.4) is 0 Å². The van der Waals surface area contributed by atoms with Crippen molar-refractivity contribution in [2.45, 2.75) is 6.42 Å². The number of aromatic carboxylic acids is 1. The molecule has 0 spiro atoms. The normalized spacial score (nSPS) is 10.9. The van der Waals surface area contributed by atoms with E-state index in [-0.39, 0.29) is 17.1 Å². The van der Waals surface area contributed by atoms with Gasteiger partial charge in [-0.2, -0.15) is 5.10 Å². The van der Waals surface area contributed by atoms with Crippen LogP contribution in [0.4, 0.5) is 0 Å². The van der Waals surface area contributed by atoms with Gasteiger partial charge in [0.25, 0.3) is 5.56 Å². The second-order valence-electron chi connectivity index (χ2n) is 5.88. The van der Waals surface area contributed by atoms with Crippen molar-refractivity contribution < 1.29 is 9.90 Å².